The molecule has 0 aliphatic carbocycles. The van der Waals surface area contributed by atoms with Crippen LogP contribution in [0, 0.1) is 0 Å². The van der Waals surface area contributed by atoms with Crippen molar-refractivity contribution in [2.45, 2.75) is 25.7 Å². The van der Waals surface area contributed by atoms with Crippen molar-refractivity contribution in [3.63, 3.8) is 0 Å². The number of carboxylic acids is 1. The zero-order chi connectivity index (χ0) is 16.8. The molecule has 8 heteroatoms. The van der Waals surface area contributed by atoms with E-state index in [0.717, 1.165) is 6.54 Å². The minimum absolute atomic E-state index is 0. The van der Waals surface area contributed by atoms with Crippen LogP contribution in [0.1, 0.15) is 35.2 Å². The molecule has 0 aromatic heterocycles. The molecule has 0 spiro atoms. The first kappa shape index (κ1) is 20.8. The summed E-state index contributed by atoms with van der Waals surface area (Å²) in [4.78, 5) is 13.2. The zero-order valence-corrected chi connectivity index (χ0v) is 15.0. The summed E-state index contributed by atoms with van der Waals surface area (Å²) in [5.41, 5.74) is 6.90. The Hall–Kier alpha value is -1.21. The van der Waals surface area contributed by atoms with Gasteiger partial charge in [-0.25, -0.2) is 4.79 Å². The van der Waals surface area contributed by atoms with Gasteiger partial charge in [-0.1, -0.05) is 18.0 Å². The number of β-amino-alcohol motifs (C(OH)–C–C–N with tert-alkyl or cyclic N) is 1. The zero-order valence-electron chi connectivity index (χ0n) is 13.5. The Morgan fingerprint density at radius 1 is 1.33 bits per heavy atom. The first-order chi connectivity index (χ1) is 11.0. The van der Waals surface area contributed by atoms with Crippen LogP contribution in [0.5, 0.6) is 5.75 Å². The number of nitrogens with two attached hydrogens (primary N) is 1. The average Bonchev–Trinajstić information content (AvgIpc) is 3.02. The van der Waals surface area contributed by atoms with Gasteiger partial charge in [0.2, 0.25) is 0 Å². The number of aromatic carboxylic acids is 1. The van der Waals surface area contributed by atoms with Crippen LogP contribution in [-0.2, 0) is 6.42 Å². The van der Waals surface area contributed by atoms with Gasteiger partial charge in [0.25, 0.3) is 0 Å². The van der Waals surface area contributed by atoms with E-state index in [-0.39, 0.29) is 23.0 Å². The summed E-state index contributed by atoms with van der Waals surface area (Å²) < 4.78 is 5.21. The van der Waals surface area contributed by atoms with Gasteiger partial charge in [0.05, 0.1) is 23.9 Å². The maximum absolute atomic E-state index is 10.8. The third-order valence-corrected chi connectivity index (χ3v) is 4.38. The molecule has 0 amide bonds. The van der Waals surface area contributed by atoms with Crippen LogP contribution in [0.4, 0.5) is 5.69 Å². The molecule has 0 atom stereocenters. The molecule has 2 aliphatic heterocycles. The summed E-state index contributed by atoms with van der Waals surface area (Å²) in [5.74, 6) is -0.690. The Morgan fingerprint density at radius 3 is 2.58 bits per heavy atom. The highest BCUT2D eigenvalue weighted by Crippen LogP contribution is 2.38. The number of benzene rings is 1. The number of piperidine rings is 1. The second-order valence-corrected chi connectivity index (χ2v) is 6.06. The van der Waals surface area contributed by atoms with Crippen molar-refractivity contribution in [2.24, 2.45) is 0 Å². The molecule has 0 radical (unpaired) electrons. The minimum Gasteiger partial charge on any atom is -0.492 e. The fraction of sp³-hybridized carbons (Fsp3) is 0.562. The molecule has 0 saturated carbocycles. The van der Waals surface area contributed by atoms with Gasteiger partial charge in [0.1, 0.15) is 11.3 Å². The molecule has 3 rings (SSSR count). The standard InChI is InChI=1S/C9H8ClNO3.C7H15NO.ClH/c10-6-3-5(9(12)13)8-4(7(6)11)1-2-14-8;9-7-6-8-4-2-1-3-5-8;/h3H,1-2,11H2,(H,12,13);9H,1-7H2;1H. The second-order valence-electron chi connectivity index (χ2n) is 5.66. The fourth-order valence-corrected chi connectivity index (χ4v) is 3.07. The number of ether oxygens (including phenoxy) is 1. The second kappa shape index (κ2) is 9.93. The summed E-state index contributed by atoms with van der Waals surface area (Å²) in [6.07, 6.45) is 4.63. The molecule has 1 fully saturated rings. The highest BCUT2D eigenvalue weighted by molar-refractivity contribution is 6.33. The fourth-order valence-electron chi connectivity index (χ4n) is 2.85. The quantitative estimate of drug-likeness (QED) is 0.699. The van der Waals surface area contributed by atoms with Gasteiger partial charge in [-0.2, -0.15) is 0 Å². The molecule has 2 aliphatic rings. The molecule has 1 aromatic rings. The van der Waals surface area contributed by atoms with Crippen molar-refractivity contribution >= 4 is 35.7 Å². The summed E-state index contributed by atoms with van der Waals surface area (Å²) in [6, 6.07) is 1.32. The van der Waals surface area contributed by atoms with Gasteiger partial charge in [0, 0.05) is 18.5 Å². The number of halogens is 2. The molecular formula is C16H24Cl2N2O4. The van der Waals surface area contributed by atoms with Gasteiger partial charge in [-0.15, -0.1) is 12.4 Å². The molecule has 4 N–H and O–H groups in total. The van der Waals surface area contributed by atoms with Crippen molar-refractivity contribution in [2.75, 3.05) is 38.6 Å². The maximum Gasteiger partial charge on any atom is 0.339 e. The topological polar surface area (TPSA) is 96.0 Å². The summed E-state index contributed by atoms with van der Waals surface area (Å²) in [7, 11) is 0. The van der Waals surface area contributed by atoms with Crippen molar-refractivity contribution in [1.29, 1.82) is 0 Å². The van der Waals surface area contributed by atoms with Crippen LogP contribution in [0.15, 0.2) is 6.07 Å². The third-order valence-electron chi connectivity index (χ3n) is 4.07. The third kappa shape index (κ3) is 5.14. The molecular weight excluding hydrogens is 355 g/mol. The molecule has 0 unspecified atom stereocenters. The number of aliphatic hydroxyl groups excluding tert-OH is 1. The first-order valence-electron chi connectivity index (χ1n) is 7.84. The summed E-state index contributed by atoms with van der Waals surface area (Å²) in [6.45, 7) is 4.04. The molecule has 0 bridgehead atoms. The summed E-state index contributed by atoms with van der Waals surface area (Å²) in [5, 5.41) is 17.7. The number of hydrogen-bond donors (Lipinski definition) is 3. The largest absolute Gasteiger partial charge is 0.492 e. The van der Waals surface area contributed by atoms with Crippen LogP contribution in [0.3, 0.4) is 0 Å². The number of nitrogens with zero attached hydrogens (tertiary/aromatic N) is 1. The van der Waals surface area contributed by atoms with E-state index in [2.05, 4.69) is 4.90 Å². The van der Waals surface area contributed by atoms with Crippen molar-refractivity contribution in [1.82, 2.24) is 4.90 Å². The molecule has 24 heavy (non-hydrogen) atoms. The normalized spacial score (nSPS) is 16.2. The average molecular weight is 379 g/mol. The summed E-state index contributed by atoms with van der Waals surface area (Å²) >= 11 is 5.80. The Kier molecular flexibility index (Phi) is 8.62. The number of anilines is 1. The molecule has 1 saturated heterocycles. The Morgan fingerprint density at radius 2 is 2.00 bits per heavy atom. The number of carboxylic acid groups (broad SMARTS) is 1. The van der Waals surface area contributed by atoms with Crippen LogP contribution in [0.25, 0.3) is 0 Å². The first-order valence-corrected chi connectivity index (χ1v) is 8.22. The minimum atomic E-state index is -1.05. The highest BCUT2D eigenvalue weighted by atomic mass is 35.5. The van der Waals surface area contributed by atoms with Gasteiger partial charge in [-0.3, -0.25) is 0 Å². The number of aliphatic hydroxyl groups is 1. The smallest absolute Gasteiger partial charge is 0.339 e. The number of carbonyl (C=O) groups is 1. The van der Waals surface area contributed by atoms with E-state index < -0.39 is 5.97 Å². The van der Waals surface area contributed by atoms with Crippen LogP contribution in [-0.4, -0.2) is 53.9 Å². The monoisotopic (exact) mass is 378 g/mol. The number of fused-ring (bicyclic) bond motifs is 1. The molecule has 136 valence electrons. The van der Waals surface area contributed by atoms with E-state index in [1.165, 1.54) is 38.4 Å². The van der Waals surface area contributed by atoms with E-state index in [9.17, 15) is 4.79 Å². The van der Waals surface area contributed by atoms with Gasteiger partial charge >= 0.3 is 5.97 Å². The van der Waals surface area contributed by atoms with E-state index in [1.54, 1.807) is 0 Å². The predicted molar refractivity (Wildman–Crippen MR) is 96.6 cm³/mol. The number of nitrogen functional groups attached to an aromatic ring is 1. The van der Waals surface area contributed by atoms with Crippen LogP contribution >= 0.6 is 24.0 Å². The van der Waals surface area contributed by atoms with E-state index in [4.69, 9.17) is 32.3 Å². The number of hydrogen-bond acceptors (Lipinski definition) is 5. The van der Waals surface area contributed by atoms with E-state index in [1.807, 2.05) is 0 Å². The Bertz CT molecular complexity index is 561. The molecule has 6 nitrogen and oxygen atoms in total. The van der Waals surface area contributed by atoms with Crippen LogP contribution in [0.2, 0.25) is 5.02 Å². The number of likely N-dealkylation sites (tertiary alicyclic amines) is 1. The van der Waals surface area contributed by atoms with Gasteiger partial charge < -0.3 is 25.6 Å². The molecule has 2 heterocycles. The lowest BCUT2D eigenvalue weighted by atomic mass is 10.1. The van der Waals surface area contributed by atoms with Crippen molar-refractivity contribution in [3.8, 4) is 5.75 Å². The van der Waals surface area contributed by atoms with E-state index >= 15 is 0 Å². The Balaban J connectivity index is 0.000000252. The van der Waals surface area contributed by atoms with Crippen LogP contribution < -0.4 is 10.5 Å². The maximum atomic E-state index is 10.8. The lowest BCUT2D eigenvalue weighted by molar-refractivity contribution is 0.0693. The van der Waals surface area contributed by atoms with E-state index in [0.29, 0.717) is 36.6 Å². The SMILES string of the molecule is Cl.Nc1c(Cl)cc(C(=O)O)c2c1CCO2.OCCN1CCCCC1. The lowest BCUT2D eigenvalue weighted by Gasteiger charge is -2.25. The van der Waals surface area contributed by atoms with Crippen molar-refractivity contribution in [3.05, 3.63) is 22.2 Å². The Labute approximate surface area is 152 Å². The highest BCUT2D eigenvalue weighted by Gasteiger charge is 2.24. The molecule has 1 aromatic carbocycles. The predicted octanol–water partition coefficient (Wildman–Crippen LogP) is 2.44. The number of rotatable bonds is 3. The lowest BCUT2D eigenvalue weighted by Crippen LogP contribution is -2.31. The van der Waals surface area contributed by atoms with Gasteiger partial charge in [-0.05, 0) is 32.0 Å². The van der Waals surface area contributed by atoms with Gasteiger partial charge in [0.15, 0.2) is 0 Å². The van der Waals surface area contributed by atoms with Crippen molar-refractivity contribution < 1.29 is 19.7 Å².